The van der Waals surface area contributed by atoms with Crippen LogP contribution in [0.1, 0.15) is 21.7 Å². The van der Waals surface area contributed by atoms with Gasteiger partial charge in [0.1, 0.15) is 23.9 Å². The average molecular weight is 479 g/mol. The van der Waals surface area contributed by atoms with E-state index < -0.39 is 0 Å². The third-order valence-corrected chi connectivity index (χ3v) is 4.97. The van der Waals surface area contributed by atoms with Crippen LogP contribution in [0.2, 0.25) is 0 Å². The summed E-state index contributed by atoms with van der Waals surface area (Å²) in [5, 5.41) is 4.02. The van der Waals surface area contributed by atoms with Crippen LogP contribution in [0.25, 0.3) is 11.0 Å². The molecular formula is C23H19BrN4O3. The van der Waals surface area contributed by atoms with Crippen molar-refractivity contribution in [2.45, 2.75) is 6.61 Å². The number of hydrogen-bond donors (Lipinski definition) is 2. The summed E-state index contributed by atoms with van der Waals surface area (Å²) in [6.45, 7) is 0.340. The average Bonchev–Trinajstić information content (AvgIpc) is 3.21. The van der Waals surface area contributed by atoms with E-state index >= 15 is 0 Å². The summed E-state index contributed by atoms with van der Waals surface area (Å²) in [5.74, 6) is 1.58. The van der Waals surface area contributed by atoms with E-state index in [0.717, 1.165) is 26.9 Å². The van der Waals surface area contributed by atoms with Gasteiger partial charge in [0, 0.05) is 4.47 Å². The summed E-state index contributed by atoms with van der Waals surface area (Å²) in [6.07, 6.45) is 1.56. The third-order valence-electron chi connectivity index (χ3n) is 4.48. The molecule has 156 valence electrons. The van der Waals surface area contributed by atoms with Crippen molar-refractivity contribution in [3.05, 3.63) is 88.2 Å². The first-order valence-electron chi connectivity index (χ1n) is 9.46. The number of carbonyl (C=O) groups is 1. The summed E-state index contributed by atoms with van der Waals surface area (Å²) in [7, 11) is 1.52. The Morgan fingerprint density at radius 1 is 1.16 bits per heavy atom. The van der Waals surface area contributed by atoms with E-state index in [-0.39, 0.29) is 5.91 Å². The standard InChI is InChI=1S/C23H19BrN4O3/c1-30-21-11-8-16(24)12-18(21)23(29)28-25-13-15-6-9-17(10-7-15)31-14-22-26-19-4-2-3-5-20(19)27-22/h2-13H,14H2,1H3,(H,26,27)(H,28,29)/b25-13-. The summed E-state index contributed by atoms with van der Waals surface area (Å²) >= 11 is 3.35. The second-order valence-electron chi connectivity index (χ2n) is 6.60. The van der Waals surface area contributed by atoms with E-state index in [1.165, 1.54) is 7.11 Å². The first kappa shape index (κ1) is 20.6. The molecule has 0 aliphatic heterocycles. The molecule has 3 aromatic carbocycles. The van der Waals surface area contributed by atoms with Crippen LogP contribution in [0.3, 0.4) is 0 Å². The number of aromatic nitrogens is 2. The highest BCUT2D eigenvalue weighted by Crippen LogP contribution is 2.22. The van der Waals surface area contributed by atoms with Gasteiger partial charge in [-0.15, -0.1) is 0 Å². The molecule has 0 bridgehead atoms. The number of halogens is 1. The Morgan fingerprint density at radius 2 is 1.97 bits per heavy atom. The minimum atomic E-state index is -0.361. The van der Waals surface area contributed by atoms with Gasteiger partial charge >= 0.3 is 0 Å². The molecular weight excluding hydrogens is 460 g/mol. The Balaban J connectivity index is 1.33. The molecule has 1 aromatic heterocycles. The van der Waals surface area contributed by atoms with Crippen LogP contribution in [0, 0.1) is 0 Å². The van der Waals surface area contributed by atoms with Gasteiger partial charge in [0.15, 0.2) is 0 Å². The van der Waals surface area contributed by atoms with Gasteiger partial charge in [-0.2, -0.15) is 5.10 Å². The van der Waals surface area contributed by atoms with Crippen LogP contribution in [0.15, 0.2) is 76.3 Å². The number of nitrogens with one attached hydrogen (secondary N) is 2. The van der Waals surface area contributed by atoms with E-state index in [9.17, 15) is 4.79 Å². The quantitative estimate of drug-likeness (QED) is 0.298. The number of H-pyrrole nitrogens is 1. The van der Waals surface area contributed by atoms with Crippen molar-refractivity contribution in [3.63, 3.8) is 0 Å². The van der Waals surface area contributed by atoms with Crippen molar-refractivity contribution in [1.29, 1.82) is 0 Å². The van der Waals surface area contributed by atoms with Gasteiger partial charge in [0.05, 0.1) is 29.9 Å². The smallest absolute Gasteiger partial charge is 0.275 e. The van der Waals surface area contributed by atoms with Gasteiger partial charge in [-0.25, -0.2) is 10.4 Å². The van der Waals surface area contributed by atoms with Crippen LogP contribution < -0.4 is 14.9 Å². The number of para-hydroxylation sites is 2. The van der Waals surface area contributed by atoms with E-state index in [2.05, 4.69) is 36.4 Å². The monoisotopic (exact) mass is 478 g/mol. The maximum Gasteiger partial charge on any atom is 0.275 e. The highest BCUT2D eigenvalue weighted by Gasteiger charge is 2.12. The fourth-order valence-corrected chi connectivity index (χ4v) is 3.32. The van der Waals surface area contributed by atoms with Gasteiger partial charge in [0.25, 0.3) is 5.91 Å². The molecule has 0 aliphatic rings. The third kappa shape index (κ3) is 5.10. The fraction of sp³-hybridized carbons (Fsp3) is 0.0870. The minimum Gasteiger partial charge on any atom is -0.496 e. The Labute approximate surface area is 187 Å². The molecule has 8 heteroatoms. The molecule has 0 spiro atoms. The fourth-order valence-electron chi connectivity index (χ4n) is 2.96. The summed E-state index contributed by atoms with van der Waals surface area (Å²) in [5.41, 5.74) is 5.61. The highest BCUT2D eigenvalue weighted by molar-refractivity contribution is 9.10. The number of ether oxygens (including phenoxy) is 2. The Kier molecular flexibility index (Phi) is 6.28. The van der Waals surface area contributed by atoms with Gasteiger partial charge in [0.2, 0.25) is 0 Å². The van der Waals surface area contributed by atoms with Crippen LogP contribution in [0.4, 0.5) is 0 Å². The maximum atomic E-state index is 12.4. The van der Waals surface area contributed by atoms with E-state index in [1.54, 1.807) is 24.4 Å². The zero-order valence-electron chi connectivity index (χ0n) is 16.6. The first-order valence-corrected chi connectivity index (χ1v) is 10.2. The minimum absolute atomic E-state index is 0.340. The lowest BCUT2D eigenvalue weighted by Crippen LogP contribution is -2.18. The van der Waals surface area contributed by atoms with Crippen molar-refractivity contribution in [1.82, 2.24) is 15.4 Å². The van der Waals surface area contributed by atoms with E-state index in [0.29, 0.717) is 23.7 Å². The SMILES string of the molecule is COc1ccc(Br)cc1C(=O)N/N=C\c1ccc(OCc2nc3ccccc3[nH]2)cc1. The van der Waals surface area contributed by atoms with Gasteiger partial charge in [-0.1, -0.05) is 28.1 Å². The molecule has 1 amide bonds. The molecule has 0 unspecified atom stereocenters. The molecule has 4 rings (SSSR count). The molecule has 7 nitrogen and oxygen atoms in total. The van der Waals surface area contributed by atoms with Crippen LogP contribution >= 0.6 is 15.9 Å². The largest absolute Gasteiger partial charge is 0.496 e. The maximum absolute atomic E-state index is 12.4. The zero-order chi connectivity index (χ0) is 21.6. The highest BCUT2D eigenvalue weighted by atomic mass is 79.9. The topological polar surface area (TPSA) is 88.6 Å². The Bertz CT molecular complexity index is 1200. The number of carbonyl (C=O) groups excluding carboxylic acids is 1. The van der Waals surface area contributed by atoms with Crippen LogP contribution in [0.5, 0.6) is 11.5 Å². The van der Waals surface area contributed by atoms with Crippen molar-refractivity contribution in [2.75, 3.05) is 7.11 Å². The molecule has 0 radical (unpaired) electrons. The predicted molar refractivity (Wildman–Crippen MR) is 123 cm³/mol. The second-order valence-corrected chi connectivity index (χ2v) is 7.52. The van der Waals surface area contributed by atoms with Crippen molar-refractivity contribution in [3.8, 4) is 11.5 Å². The normalized spacial score (nSPS) is 11.0. The Hall–Kier alpha value is -3.65. The van der Waals surface area contributed by atoms with Crippen LogP contribution in [-0.2, 0) is 6.61 Å². The molecule has 1 heterocycles. The number of hydrazone groups is 1. The van der Waals surface area contributed by atoms with Crippen molar-refractivity contribution < 1.29 is 14.3 Å². The lowest BCUT2D eigenvalue weighted by atomic mass is 10.2. The van der Waals surface area contributed by atoms with E-state index in [1.807, 2.05) is 48.5 Å². The van der Waals surface area contributed by atoms with Crippen molar-refractivity contribution in [2.24, 2.45) is 5.10 Å². The lowest BCUT2D eigenvalue weighted by molar-refractivity contribution is 0.0952. The number of rotatable bonds is 7. The number of nitrogens with zero attached hydrogens (tertiary/aromatic N) is 2. The second kappa shape index (κ2) is 9.44. The molecule has 31 heavy (non-hydrogen) atoms. The van der Waals surface area contributed by atoms with E-state index in [4.69, 9.17) is 9.47 Å². The zero-order valence-corrected chi connectivity index (χ0v) is 18.2. The molecule has 0 saturated carbocycles. The molecule has 0 aliphatic carbocycles. The summed E-state index contributed by atoms with van der Waals surface area (Å²) < 4.78 is 11.8. The number of aromatic amines is 1. The molecule has 0 saturated heterocycles. The Morgan fingerprint density at radius 3 is 2.74 bits per heavy atom. The number of fused-ring (bicyclic) bond motifs is 1. The molecule has 2 N–H and O–H groups in total. The number of benzene rings is 3. The number of methoxy groups -OCH3 is 1. The molecule has 0 atom stereocenters. The number of amides is 1. The molecule has 0 fully saturated rings. The summed E-state index contributed by atoms with van der Waals surface area (Å²) in [6, 6.07) is 20.4. The first-order chi connectivity index (χ1) is 15.1. The number of imidazole rings is 1. The lowest BCUT2D eigenvalue weighted by Gasteiger charge is -2.07. The predicted octanol–water partition coefficient (Wildman–Crippen LogP) is 4.68. The van der Waals surface area contributed by atoms with Gasteiger partial charge < -0.3 is 14.5 Å². The summed E-state index contributed by atoms with van der Waals surface area (Å²) in [4.78, 5) is 20.1. The van der Waals surface area contributed by atoms with Crippen molar-refractivity contribution >= 4 is 39.1 Å². The number of hydrogen-bond acceptors (Lipinski definition) is 5. The van der Waals surface area contributed by atoms with Crippen LogP contribution in [-0.4, -0.2) is 29.2 Å². The van der Waals surface area contributed by atoms with Gasteiger partial charge in [-0.3, -0.25) is 4.79 Å². The van der Waals surface area contributed by atoms with Gasteiger partial charge in [-0.05, 0) is 60.2 Å². The molecule has 4 aromatic rings.